The van der Waals surface area contributed by atoms with Crippen LogP contribution in [-0.4, -0.2) is 36.0 Å². The third-order valence-corrected chi connectivity index (χ3v) is 4.83. The molecule has 2 aliphatic rings. The molecular weight excluding hydrogens is 288 g/mol. The molecule has 118 valence electrons. The van der Waals surface area contributed by atoms with E-state index in [0.717, 1.165) is 11.3 Å². The fourth-order valence-corrected chi connectivity index (χ4v) is 3.59. The summed E-state index contributed by atoms with van der Waals surface area (Å²) in [4.78, 5) is 14.6. The fourth-order valence-electron chi connectivity index (χ4n) is 3.59. The smallest absolute Gasteiger partial charge is 0.264 e. The Morgan fingerprint density at radius 3 is 2.57 bits per heavy atom. The number of carbonyl (C=O) groups is 1. The van der Waals surface area contributed by atoms with Crippen molar-refractivity contribution >= 4 is 5.91 Å². The fraction of sp³-hybridized carbons (Fsp3) is 0.316. The maximum Gasteiger partial charge on any atom is 0.264 e. The lowest BCUT2D eigenvalue weighted by atomic mass is 9.95. The van der Waals surface area contributed by atoms with Crippen LogP contribution in [0.25, 0.3) is 0 Å². The highest BCUT2D eigenvalue weighted by atomic mass is 16.5. The molecule has 2 aromatic rings. The van der Waals surface area contributed by atoms with Gasteiger partial charge in [0.2, 0.25) is 0 Å². The lowest BCUT2D eigenvalue weighted by Gasteiger charge is -2.20. The first-order valence-electron chi connectivity index (χ1n) is 8.06. The van der Waals surface area contributed by atoms with Crippen molar-refractivity contribution < 1.29 is 9.53 Å². The number of rotatable bonds is 2. The minimum Gasteiger partial charge on any atom is -0.480 e. The van der Waals surface area contributed by atoms with Gasteiger partial charge in [0.15, 0.2) is 6.10 Å². The van der Waals surface area contributed by atoms with Gasteiger partial charge in [0, 0.05) is 31.5 Å². The van der Waals surface area contributed by atoms with E-state index in [0.29, 0.717) is 19.5 Å². The number of fused-ring (bicyclic) bond motifs is 1. The Morgan fingerprint density at radius 2 is 1.78 bits per heavy atom. The van der Waals surface area contributed by atoms with Gasteiger partial charge in [-0.1, -0.05) is 48.5 Å². The molecule has 2 aromatic carbocycles. The zero-order valence-electron chi connectivity index (χ0n) is 12.9. The zero-order chi connectivity index (χ0) is 15.8. The van der Waals surface area contributed by atoms with Gasteiger partial charge in [-0.25, -0.2) is 0 Å². The summed E-state index contributed by atoms with van der Waals surface area (Å²) >= 11 is 0. The van der Waals surface area contributed by atoms with Gasteiger partial charge in [-0.15, -0.1) is 0 Å². The third kappa shape index (κ3) is 2.59. The maximum absolute atomic E-state index is 12.8. The second-order valence-electron chi connectivity index (χ2n) is 6.34. The molecule has 23 heavy (non-hydrogen) atoms. The van der Waals surface area contributed by atoms with E-state index in [1.54, 1.807) is 0 Å². The average molecular weight is 308 g/mol. The highest BCUT2D eigenvalue weighted by Gasteiger charge is 2.39. The summed E-state index contributed by atoms with van der Waals surface area (Å²) in [5.74, 6) is 1.08. The van der Waals surface area contributed by atoms with E-state index in [2.05, 4.69) is 12.1 Å². The van der Waals surface area contributed by atoms with Crippen LogP contribution in [0.5, 0.6) is 5.75 Å². The Hall–Kier alpha value is -2.33. The maximum atomic E-state index is 12.8. The monoisotopic (exact) mass is 308 g/mol. The molecule has 0 aromatic heterocycles. The van der Waals surface area contributed by atoms with Crippen LogP contribution in [0.4, 0.5) is 0 Å². The second-order valence-corrected chi connectivity index (χ2v) is 6.34. The van der Waals surface area contributed by atoms with E-state index in [9.17, 15) is 4.79 Å². The summed E-state index contributed by atoms with van der Waals surface area (Å²) in [6.45, 7) is 1.26. The first-order chi connectivity index (χ1) is 11.2. The zero-order valence-corrected chi connectivity index (χ0v) is 12.9. The van der Waals surface area contributed by atoms with Gasteiger partial charge in [0.25, 0.3) is 5.91 Å². The number of para-hydroxylation sites is 1. The van der Waals surface area contributed by atoms with Crippen LogP contribution in [0.1, 0.15) is 17.0 Å². The molecule has 2 heterocycles. The Bertz CT molecular complexity index is 691. The quantitative estimate of drug-likeness (QED) is 0.922. The number of nitrogens with two attached hydrogens (primary N) is 1. The van der Waals surface area contributed by atoms with Gasteiger partial charge < -0.3 is 15.4 Å². The highest BCUT2D eigenvalue weighted by Crippen LogP contribution is 2.31. The SMILES string of the molecule is N[C@@H]1CN(C(=O)C2Cc3ccccc3O2)C[C@H]1c1ccccc1. The first kappa shape index (κ1) is 14.3. The molecule has 0 bridgehead atoms. The molecule has 2 N–H and O–H groups in total. The third-order valence-electron chi connectivity index (χ3n) is 4.83. The van der Waals surface area contributed by atoms with Gasteiger partial charge in [0.05, 0.1) is 0 Å². The molecule has 2 aliphatic heterocycles. The van der Waals surface area contributed by atoms with Gasteiger partial charge in [-0.3, -0.25) is 4.79 Å². The minimum absolute atomic E-state index is 0.0230. The van der Waals surface area contributed by atoms with Crippen molar-refractivity contribution in [2.24, 2.45) is 5.73 Å². The summed E-state index contributed by atoms with van der Waals surface area (Å²) in [7, 11) is 0. The molecule has 4 rings (SSSR count). The molecule has 1 saturated heterocycles. The van der Waals surface area contributed by atoms with Crippen LogP contribution in [0.2, 0.25) is 0 Å². The normalized spacial score (nSPS) is 26.0. The largest absolute Gasteiger partial charge is 0.480 e. The molecule has 1 unspecified atom stereocenters. The first-order valence-corrected chi connectivity index (χ1v) is 8.06. The number of benzene rings is 2. The number of carbonyl (C=O) groups excluding carboxylic acids is 1. The van der Waals surface area contributed by atoms with Gasteiger partial charge in [-0.05, 0) is 17.2 Å². The molecule has 0 spiro atoms. The molecule has 0 radical (unpaired) electrons. The van der Waals surface area contributed by atoms with E-state index < -0.39 is 6.10 Å². The predicted octanol–water partition coefficient (Wildman–Crippen LogP) is 1.94. The van der Waals surface area contributed by atoms with Crippen molar-refractivity contribution in [1.29, 1.82) is 0 Å². The molecule has 4 heteroatoms. The van der Waals surface area contributed by atoms with Crippen LogP contribution in [0.3, 0.4) is 0 Å². The molecule has 1 fully saturated rings. The summed E-state index contributed by atoms with van der Waals surface area (Å²) in [5, 5.41) is 0. The Morgan fingerprint density at radius 1 is 1.04 bits per heavy atom. The van der Waals surface area contributed by atoms with Crippen molar-refractivity contribution in [2.75, 3.05) is 13.1 Å². The Balaban J connectivity index is 1.47. The number of nitrogens with zero attached hydrogens (tertiary/aromatic N) is 1. The molecular formula is C19H20N2O2. The number of ether oxygens (including phenoxy) is 1. The summed E-state index contributed by atoms with van der Waals surface area (Å²) < 4.78 is 5.83. The summed E-state index contributed by atoms with van der Waals surface area (Å²) in [6.07, 6.45) is 0.241. The van der Waals surface area contributed by atoms with Crippen molar-refractivity contribution in [1.82, 2.24) is 4.90 Å². The molecule has 0 aliphatic carbocycles. The Kier molecular flexibility index (Phi) is 3.54. The molecule has 3 atom stereocenters. The minimum atomic E-state index is -0.408. The number of hydrogen-bond donors (Lipinski definition) is 1. The van der Waals surface area contributed by atoms with Crippen LogP contribution in [-0.2, 0) is 11.2 Å². The number of amides is 1. The topological polar surface area (TPSA) is 55.6 Å². The Labute approximate surface area is 135 Å². The van der Waals surface area contributed by atoms with Gasteiger partial charge in [-0.2, -0.15) is 0 Å². The summed E-state index contributed by atoms with van der Waals surface area (Å²) in [6, 6.07) is 18.0. The second kappa shape index (κ2) is 5.70. The van der Waals surface area contributed by atoms with Crippen LogP contribution in [0, 0.1) is 0 Å². The average Bonchev–Trinajstić information content (AvgIpc) is 3.18. The standard InChI is InChI=1S/C19H20N2O2/c20-16-12-21(11-15(16)13-6-2-1-3-7-13)19(22)18-10-14-8-4-5-9-17(14)23-18/h1-9,15-16,18H,10-12,20H2/t15-,16+,18?/m0/s1. The van der Waals surface area contributed by atoms with Gasteiger partial charge in [0.1, 0.15) is 5.75 Å². The van der Waals surface area contributed by atoms with E-state index in [-0.39, 0.29) is 17.9 Å². The van der Waals surface area contributed by atoms with Gasteiger partial charge >= 0.3 is 0 Å². The van der Waals surface area contributed by atoms with E-state index in [4.69, 9.17) is 10.5 Å². The predicted molar refractivity (Wildman–Crippen MR) is 88.3 cm³/mol. The van der Waals surface area contributed by atoms with E-state index in [1.807, 2.05) is 47.4 Å². The van der Waals surface area contributed by atoms with Crippen LogP contribution < -0.4 is 10.5 Å². The van der Waals surface area contributed by atoms with Crippen molar-refractivity contribution in [2.45, 2.75) is 24.5 Å². The molecule has 0 saturated carbocycles. The van der Waals surface area contributed by atoms with Crippen molar-refractivity contribution in [3.63, 3.8) is 0 Å². The lowest BCUT2D eigenvalue weighted by molar-refractivity contribution is -0.136. The summed E-state index contributed by atoms with van der Waals surface area (Å²) in [5.41, 5.74) is 8.59. The van der Waals surface area contributed by atoms with E-state index >= 15 is 0 Å². The molecule has 4 nitrogen and oxygen atoms in total. The van der Waals surface area contributed by atoms with Crippen molar-refractivity contribution in [3.05, 3.63) is 65.7 Å². The lowest BCUT2D eigenvalue weighted by Crippen LogP contribution is -2.41. The highest BCUT2D eigenvalue weighted by molar-refractivity contribution is 5.83. The van der Waals surface area contributed by atoms with Crippen LogP contribution >= 0.6 is 0 Å². The number of likely N-dealkylation sites (tertiary alicyclic amines) is 1. The number of hydrogen-bond acceptors (Lipinski definition) is 3. The van der Waals surface area contributed by atoms with Crippen LogP contribution in [0.15, 0.2) is 54.6 Å². The van der Waals surface area contributed by atoms with Crippen molar-refractivity contribution in [3.8, 4) is 5.75 Å². The van der Waals surface area contributed by atoms with E-state index in [1.165, 1.54) is 5.56 Å². The molecule has 1 amide bonds.